The quantitative estimate of drug-likeness (QED) is 0.133. The number of nitrogens with zero attached hydrogens (tertiary/aromatic N) is 5. The molecule has 0 unspecified atom stereocenters. The molecule has 0 aliphatic heterocycles. The number of fused-ring (bicyclic) bond motifs is 2. The Balaban J connectivity index is 0.000000162. The van der Waals surface area contributed by atoms with Gasteiger partial charge in [-0.1, -0.05) is 35.3 Å². The number of carbonyl (C=O) groups excluding carboxylic acids is 2. The average Bonchev–Trinajstić information content (AvgIpc) is 3.57. The summed E-state index contributed by atoms with van der Waals surface area (Å²) in [7, 11) is 0. The summed E-state index contributed by atoms with van der Waals surface area (Å²) < 4.78 is 0. The van der Waals surface area contributed by atoms with Crippen LogP contribution >= 0.6 is 23.2 Å². The van der Waals surface area contributed by atoms with Crippen LogP contribution in [0.2, 0.25) is 10.3 Å². The number of nitrogen functional groups attached to an aromatic ring is 1. The van der Waals surface area contributed by atoms with Gasteiger partial charge in [0.1, 0.15) is 10.3 Å². The van der Waals surface area contributed by atoms with Crippen LogP contribution in [-0.4, -0.2) is 32.0 Å². The Kier molecular flexibility index (Phi) is 10.6. The number of halogens is 2. The lowest BCUT2D eigenvalue weighted by atomic mass is 10.1. The zero-order valence-electron chi connectivity index (χ0n) is 23.2. The van der Waals surface area contributed by atoms with Gasteiger partial charge in [0, 0.05) is 17.1 Å². The molecule has 0 spiro atoms. The third-order valence-electron chi connectivity index (χ3n) is 6.50. The summed E-state index contributed by atoms with van der Waals surface area (Å²) in [6, 6.07) is 14.8. The molecule has 0 saturated carbocycles. The largest absolute Gasteiger partial charge is 0.368 e. The monoisotopic (exact) mass is 604 g/mol. The average molecular weight is 606 g/mol. The van der Waals surface area contributed by atoms with Gasteiger partial charge < -0.3 is 11.1 Å². The number of aryl methyl sites for hydroxylation is 6. The normalized spacial score (nSPS) is 12.4. The molecule has 2 aromatic carbocycles. The number of isocyanates is 1. The number of hydrogen-bond acceptors (Lipinski definition) is 8. The Morgan fingerprint density at radius 1 is 0.786 bits per heavy atom. The number of benzene rings is 2. The van der Waals surface area contributed by atoms with Crippen LogP contribution in [0.15, 0.2) is 53.5 Å². The topological polar surface area (TPSA) is 148 Å². The van der Waals surface area contributed by atoms with Crippen LogP contribution in [0.25, 0.3) is 0 Å². The maximum absolute atomic E-state index is 12.0. The number of anilines is 3. The molecule has 2 aliphatic carbocycles. The van der Waals surface area contributed by atoms with E-state index in [0.29, 0.717) is 16.0 Å². The van der Waals surface area contributed by atoms with Crippen molar-refractivity contribution in [3.63, 3.8) is 0 Å². The number of hydrogen-bond donors (Lipinski definition) is 3. The minimum atomic E-state index is -0.380. The summed E-state index contributed by atoms with van der Waals surface area (Å²) in [6.45, 7) is 3.60. The van der Waals surface area contributed by atoms with Gasteiger partial charge in [-0.3, -0.25) is 5.32 Å². The van der Waals surface area contributed by atoms with Gasteiger partial charge in [0.25, 0.3) is 0 Å². The zero-order chi connectivity index (χ0) is 30.1. The van der Waals surface area contributed by atoms with Crippen LogP contribution in [0.1, 0.15) is 46.5 Å². The Bertz CT molecular complexity index is 1570. The Morgan fingerprint density at radius 3 is 2.00 bits per heavy atom. The highest BCUT2D eigenvalue weighted by molar-refractivity contribution is 6.29. The molecule has 216 valence electrons. The Hall–Kier alpha value is -4.37. The summed E-state index contributed by atoms with van der Waals surface area (Å²) >= 11 is 11.4. The maximum atomic E-state index is 12.0. The molecule has 2 amide bonds. The fraction of sp³-hybridized carbons (Fsp3) is 0.267. The summed E-state index contributed by atoms with van der Waals surface area (Å²) in [5.41, 5.74) is 13.7. The Labute approximate surface area is 253 Å². The van der Waals surface area contributed by atoms with Crippen molar-refractivity contribution in [2.24, 2.45) is 4.99 Å². The molecule has 0 bridgehead atoms. The number of aromatic nitrogens is 4. The van der Waals surface area contributed by atoms with E-state index in [4.69, 9.17) is 28.9 Å². The molecule has 12 heteroatoms. The molecule has 6 rings (SSSR count). The molecule has 2 aliphatic rings. The first-order valence-electron chi connectivity index (χ1n) is 13.4. The minimum Gasteiger partial charge on any atom is -0.368 e. The second-order valence-corrected chi connectivity index (χ2v) is 10.5. The van der Waals surface area contributed by atoms with Gasteiger partial charge in [-0.2, -0.15) is 4.99 Å². The van der Waals surface area contributed by atoms with Crippen molar-refractivity contribution in [1.82, 2.24) is 19.9 Å². The molecule has 4 N–H and O–H groups in total. The van der Waals surface area contributed by atoms with Crippen molar-refractivity contribution >= 4 is 58.6 Å². The molecular formula is C30H30Cl2N8O2. The zero-order valence-corrected chi connectivity index (χ0v) is 24.8. The predicted octanol–water partition coefficient (Wildman–Crippen LogP) is 6.73. The van der Waals surface area contributed by atoms with E-state index >= 15 is 0 Å². The third kappa shape index (κ3) is 9.07. The molecular weight excluding hydrogens is 575 g/mol. The van der Waals surface area contributed by atoms with Crippen LogP contribution in [0, 0.1) is 13.8 Å². The molecule has 42 heavy (non-hydrogen) atoms. The first-order chi connectivity index (χ1) is 20.2. The lowest BCUT2D eigenvalue weighted by Crippen LogP contribution is -2.21. The van der Waals surface area contributed by atoms with Crippen molar-refractivity contribution in [2.45, 2.75) is 52.4 Å². The number of urea groups is 1. The fourth-order valence-electron chi connectivity index (χ4n) is 4.73. The van der Waals surface area contributed by atoms with E-state index in [9.17, 15) is 9.59 Å². The molecule has 2 heterocycles. The second-order valence-electron chi connectivity index (χ2n) is 9.77. The van der Waals surface area contributed by atoms with E-state index in [-0.39, 0.29) is 17.9 Å². The van der Waals surface area contributed by atoms with Gasteiger partial charge >= 0.3 is 6.03 Å². The lowest BCUT2D eigenvalue weighted by molar-refractivity contribution is 0.262. The van der Waals surface area contributed by atoms with E-state index in [1.54, 1.807) is 25.1 Å². The van der Waals surface area contributed by atoms with Crippen LogP contribution < -0.4 is 16.4 Å². The van der Waals surface area contributed by atoms with Crippen LogP contribution in [-0.2, 0) is 30.5 Å². The fourth-order valence-corrected chi connectivity index (χ4v) is 5.21. The highest BCUT2D eigenvalue weighted by atomic mass is 35.5. The van der Waals surface area contributed by atoms with Crippen LogP contribution in [0.4, 0.5) is 28.1 Å². The maximum Gasteiger partial charge on any atom is 0.326 e. The first kappa shape index (κ1) is 30.6. The number of nitrogens with one attached hydrogen (secondary N) is 2. The number of carbonyl (C=O) groups is 1. The van der Waals surface area contributed by atoms with Crippen LogP contribution in [0.3, 0.4) is 0 Å². The summed E-state index contributed by atoms with van der Waals surface area (Å²) in [5.74, 6) is 0.415. The SMILES string of the molecule is Cc1cc(Cl)nc(N)n1.Cc1cc(Cl)nc(NC(=O)Nc2ccc3c(c2)CCC3)n1.O=C=Nc1ccc2c(c1)CCC2. The molecule has 0 fully saturated rings. The van der Waals surface area contributed by atoms with Crippen molar-refractivity contribution in [1.29, 1.82) is 0 Å². The molecule has 2 aromatic heterocycles. The van der Waals surface area contributed by atoms with E-state index in [1.165, 1.54) is 41.5 Å². The van der Waals surface area contributed by atoms with E-state index in [1.807, 2.05) is 31.2 Å². The molecule has 10 nitrogen and oxygen atoms in total. The van der Waals surface area contributed by atoms with E-state index in [0.717, 1.165) is 36.3 Å². The van der Waals surface area contributed by atoms with Crippen molar-refractivity contribution in [3.05, 3.63) is 92.5 Å². The molecule has 0 atom stereocenters. The summed E-state index contributed by atoms with van der Waals surface area (Å²) in [4.78, 5) is 41.1. The summed E-state index contributed by atoms with van der Waals surface area (Å²) in [5, 5.41) is 6.06. The number of amides is 2. The second kappa shape index (κ2) is 14.5. The van der Waals surface area contributed by atoms with Crippen molar-refractivity contribution in [2.75, 3.05) is 16.4 Å². The van der Waals surface area contributed by atoms with Gasteiger partial charge in [0.05, 0.1) is 5.69 Å². The highest BCUT2D eigenvalue weighted by Gasteiger charge is 2.13. The van der Waals surface area contributed by atoms with Gasteiger partial charge in [-0.05, 0) is 111 Å². The predicted molar refractivity (Wildman–Crippen MR) is 165 cm³/mol. The molecule has 0 radical (unpaired) electrons. The van der Waals surface area contributed by atoms with Gasteiger partial charge in [-0.25, -0.2) is 29.5 Å². The minimum absolute atomic E-state index is 0.193. The van der Waals surface area contributed by atoms with Gasteiger partial charge in [0.2, 0.25) is 18.0 Å². The number of aliphatic imine (C=N–C) groups is 1. The first-order valence-corrected chi connectivity index (χ1v) is 14.1. The highest BCUT2D eigenvalue weighted by Crippen LogP contribution is 2.26. The molecule has 0 saturated heterocycles. The van der Waals surface area contributed by atoms with Crippen molar-refractivity contribution < 1.29 is 9.59 Å². The smallest absolute Gasteiger partial charge is 0.326 e. The third-order valence-corrected chi connectivity index (χ3v) is 6.89. The van der Waals surface area contributed by atoms with E-state index < -0.39 is 0 Å². The number of rotatable bonds is 3. The van der Waals surface area contributed by atoms with Gasteiger partial charge in [0.15, 0.2) is 0 Å². The lowest BCUT2D eigenvalue weighted by Gasteiger charge is -2.08. The van der Waals surface area contributed by atoms with Crippen LogP contribution in [0.5, 0.6) is 0 Å². The summed E-state index contributed by atoms with van der Waals surface area (Å²) in [6.07, 6.45) is 8.44. The molecule has 4 aromatic rings. The van der Waals surface area contributed by atoms with Crippen molar-refractivity contribution in [3.8, 4) is 0 Å². The van der Waals surface area contributed by atoms with E-state index in [2.05, 4.69) is 47.7 Å². The van der Waals surface area contributed by atoms with Gasteiger partial charge in [-0.15, -0.1) is 0 Å². The standard InChI is InChI=1S/C15H15ClN4O.C10H9NO.C5H6ClN3/c1-9-7-13(16)19-14(17-9)20-15(21)18-12-6-5-10-3-2-4-11(10)8-12;12-7-11-10-5-4-8-2-1-3-9(8)6-10;1-3-2-4(6)9-5(7)8-3/h5-8H,2-4H2,1H3,(H2,17,18,19,20,21);4-6H,1-3H2;2H,1H3,(H2,7,8,9). The Morgan fingerprint density at radius 2 is 1.38 bits per heavy atom. The number of nitrogens with two attached hydrogens (primary N) is 1.